The van der Waals surface area contributed by atoms with E-state index in [2.05, 4.69) is 41.5 Å². The first kappa shape index (κ1) is 62.1. The summed E-state index contributed by atoms with van der Waals surface area (Å²) < 4.78 is 47.0. The fourth-order valence-corrected chi connectivity index (χ4v) is 8.10. The zero-order valence-electron chi connectivity index (χ0n) is 44.9. The van der Waals surface area contributed by atoms with Gasteiger partial charge in [-0.25, -0.2) is 19.0 Å². The van der Waals surface area contributed by atoms with Crippen LogP contribution in [0.5, 0.6) is 5.75 Å². The van der Waals surface area contributed by atoms with Gasteiger partial charge in [-0.05, 0) is 72.9 Å². The number of ether oxygens (including phenoxy) is 6. The highest BCUT2D eigenvalue weighted by atomic mass is 35.5. The van der Waals surface area contributed by atoms with E-state index < -0.39 is 47.7 Å². The van der Waals surface area contributed by atoms with Crippen LogP contribution in [0.25, 0.3) is 33.4 Å². The molecule has 8 amide bonds. The molecule has 0 saturated heterocycles. The average molecular weight is 1140 g/mol. The van der Waals surface area contributed by atoms with Gasteiger partial charge in [0.05, 0.1) is 101 Å². The minimum absolute atomic E-state index is 0.0308. The van der Waals surface area contributed by atoms with Crippen LogP contribution in [-0.4, -0.2) is 153 Å². The van der Waals surface area contributed by atoms with E-state index in [4.69, 9.17) is 51.5 Å². The number of fused-ring (bicyclic) bond motifs is 1. The number of nitrogens with one attached hydrogen (secondary N) is 6. The number of benzene rings is 3. The second-order valence-corrected chi connectivity index (χ2v) is 18.9. The normalized spacial score (nSPS) is 12.8. The summed E-state index contributed by atoms with van der Waals surface area (Å²) in [6.07, 6.45) is 3.68. The first-order valence-electron chi connectivity index (χ1n) is 26.1. The van der Waals surface area contributed by atoms with E-state index in [9.17, 15) is 38.0 Å². The quantitative estimate of drug-likeness (QED) is 0.0211. The van der Waals surface area contributed by atoms with Crippen LogP contribution in [0, 0.1) is 11.7 Å². The molecule has 2 unspecified atom stereocenters. The van der Waals surface area contributed by atoms with Crippen molar-refractivity contribution >= 4 is 69.9 Å². The van der Waals surface area contributed by atoms with Gasteiger partial charge in [0, 0.05) is 47.3 Å². The van der Waals surface area contributed by atoms with Gasteiger partial charge in [-0.3, -0.25) is 33.9 Å². The van der Waals surface area contributed by atoms with Crippen molar-refractivity contribution in [3.8, 4) is 28.3 Å². The number of hydrogen-bond donors (Lipinski definition) is 8. The lowest BCUT2D eigenvalue weighted by atomic mass is 10.0. The molecule has 1 aliphatic heterocycles. The molecular formula is C55H67ClFN11O13. The van der Waals surface area contributed by atoms with Crippen molar-refractivity contribution in [3.05, 3.63) is 107 Å². The van der Waals surface area contributed by atoms with Gasteiger partial charge in [0.25, 0.3) is 11.8 Å². The molecule has 2 aromatic heterocycles. The lowest BCUT2D eigenvalue weighted by molar-refractivity contribution is -0.137. The summed E-state index contributed by atoms with van der Waals surface area (Å²) in [6, 6.07) is 15.6. The van der Waals surface area contributed by atoms with Gasteiger partial charge in [-0.1, -0.05) is 43.6 Å². The zero-order chi connectivity index (χ0) is 58.1. The molecule has 5 aromatic rings. The van der Waals surface area contributed by atoms with Gasteiger partial charge in [-0.15, -0.1) is 0 Å². The second-order valence-electron chi connectivity index (χ2n) is 18.5. The van der Waals surface area contributed by atoms with Crippen molar-refractivity contribution in [2.24, 2.45) is 17.4 Å². The van der Waals surface area contributed by atoms with Gasteiger partial charge in [-0.2, -0.15) is 0 Å². The molecule has 3 heterocycles. The molecule has 26 heteroatoms. The summed E-state index contributed by atoms with van der Waals surface area (Å²) in [4.78, 5) is 101. The topological polar surface area (TPSA) is 332 Å². The Bertz CT molecular complexity index is 2960. The van der Waals surface area contributed by atoms with E-state index >= 15 is 0 Å². The van der Waals surface area contributed by atoms with Crippen molar-refractivity contribution < 1.29 is 66.4 Å². The molecule has 6 rings (SSSR count). The SMILES string of the molecule is CC(C)C(NC(=O)CCOCCOCCOCCOCCN1C(=O)C=CC1=O)C(=O)NC(CCCNC(N)=O)C(=O)Nc1ccc(COC(=O)NCCOc2cnc3ccc(-c4[nH]c(CN)nc4-c4ccc(F)c(Cl)c4)cc3c2)cc1. The number of pyridine rings is 1. The molecule has 0 spiro atoms. The van der Waals surface area contributed by atoms with Gasteiger partial charge in [0.15, 0.2) is 0 Å². The monoisotopic (exact) mass is 1140 g/mol. The van der Waals surface area contributed by atoms with E-state index in [-0.39, 0.29) is 114 Å². The molecule has 0 saturated carbocycles. The Kier molecular flexibility index (Phi) is 24.7. The fraction of sp³-hybridized carbons (Fsp3) is 0.400. The van der Waals surface area contributed by atoms with E-state index in [0.29, 0.717) is 65.1 Å². The number of halogens is 2. The van der Waals surface area contributed by atoms with E-state index in [0.717, 1.165) is 15.8 Å². The molecular weight excluding hydrogens is 1080 g/mol. The third-order valence-corrected chi connectivity index (χ3v) is 12.4. The van der Waals surface area contributed by atoms with Crippen molar-refractivity contribution in [1.29, 1.82) is 0 Å². The Morgan fingerprint density at radius 3 is 2.12 bits per heavy atom. The molecule has 10 N–H and O–H groups in total. The molecule has 81 heavy (non-hydrogen) atoms. The van der Waals surface area contributed by atoms with Crippen molar-refractivity contribution in [1.82, 2.24) is 41.1 Å². The maximum absolute atomic E-state index is 14.0. The molecule has 2 atom stereocenters. The maximum Gasteiger partial charge on any atom is 0.407 e. The number of primary amides is 1. The number of H-pyrrole nitrogens is 1. The summed E-state index contributed by atoms with van der Waals surface area (Å²) >= 11 is 6.08. The number of hydrogen-bond acceptors (Lipinski definition) is 16. The van der Waals surface area contributed by atoms with E-state index in [1.165, 1.54) is 24.3 Å². The van der Waals surface area contributed by atoms with Gasteiger partial charge in [0.1, 0.15) is 42.7 Å². The van der Waals surface area contributed by atoms with Crippen LogP contribution in [0.3, 0.4) is 0 Å². The highest BCUT2D eigenvalue weighted by molar-refractivity contribution is 6.31. The smallest absolute Gasteiger partial charge is 0.407 e. The predicted molar refractivity (Wildman–Crippen MR) is 296 cm³/mol. The maximum atomic E-state index is 14.0. The molecule has 0 radical (unpaired) electrons. The Hall–Kier alpha value is -8.07. The summed E-state index contributed by atoms with van der Waals surface area (Å²) in [5.41, 5.74) is 15.4. The average Bonchev–Trinajstić information content (AvgIpc) is 4.22. The number of carbonyl (C=O) groups excluding carboxylic acids is 7. The summed E-state index contributed by atoms with van der Waals surface area (Å²) in [5.74, 6) is -2.20. The Morgan fingerprint density at radius 2 is 1.46 bits per heavy atom. The molecule has 0 fully saturated rings. The number of carbonyl (C=O) groups is 7. The first-order chi connectivity index (χ1) is 39.1. The minimum Gasteiger partial charge on any atom is -0.490 e. The standard InChI is InChI=1S/C55H67ClFN11O13/c1-34(2)49(67-46(69)15-19-76-22-24-78-26-27-79-25-23-77-21-18-68-47(70)13-14-48(68)71)53(73)64-44(4-3-16-60-54(59)74)52(72)63-39-9-5-35(6-10-39)33-81-55(75)61-17-20-80-40-29-38-28-36(8-12-43(38)62-32-40)50-51(66-45(31-58)65-50)37-7-11-42(57)41(56)30-37/h5-14,28-30,32,34,44,49H,3-4,15-27,31,33,58H2,1-2H3,(H,61,75)(H,63,72)(H,64,73)(H,65,66)(H,67,69)(H3,59,60,74). The Balaban J connectivity index is 0.878. The van der Waals surface area contributed by atoms with Crippen LogP contribution in [0.4, 0.5) is 19.7 Å². The van der Waals surface area contributed by atoms with Gasteiger partial charge >= 0.3 is 12.1 Å². The number of aromatic amines is 1. The number of imide groups is 1. The van der Waals surface area contributed by atoms with E-state index in [1.54, 1.807) is 50.4 Å². The third-order valence-electron chi connectivity index (χ3n) is 12.1. The van der Waals surface area contributed by atoms with Gasteiger partial charge < -0.3 is 71.5 Å². The van der Waals surface area contributed by atoms with Crippen LogP contribution in [-0.2, 0) is 60.8 Å². The lowest BCUT2D eigenvalue weighted by Gasteiger charge is -2.25. The summed E-state index contributed by atoms with van der Waals surface area (Å²) in [7, 11) is 0. The highest BCUT2D eigenvalue weighted by Gasteiger charge is 2.29. The fourth-order valence-electron chi connectivity index (χ4n) is 7.92. The number of urea groups is 1. The highest BCUT2D eigenvalue weighted by Crippen LogP contribution is 2.34. The minimum atomic E-state index is -1.07. The molecule has 0 bridgehead atoms. The number of amides is 8. The first-order valence-corrected chi connectivity index (χ1v) is 26.5. The second kappa shape index (κ2) is 32.3. The number of nitrogens with zero attached hydrogens (tertiary/aromatic N) is 3. The van der Waals surface area contributed by atoms with Crippen molar-refractivity contribution in [2.45, 2.75) is 58.3 Å². The lowest BCUT2D eigenvalue weighted by Crippen LogP contribution is -2.54. The number of rotatable bonds is 34. The Labute approximate surface area is 471 Å². The Morgan fingerprint density at radius 1 is 0.778 bits per heavy atom. The molecule has 24 nitrogen and oxygen atoms in total. The summed E-state index contributed by atoms with van der Waals surface area (Å²) in [6.45, 7) is 6.04. The number of anilines is 1. The largest absolute Gasteiger partial charge is 0.490 e. The number of aromatic nitrogens is 3. The molecule has 1 aliphatic rings. The number of imidazole rings is 1. The summed E-state index contributed by atoms with van der Waals surface area (Å²) in [5, 5.41) is 14.1. The van der Waals surface area contributed by atoms with Crippen LogP contribution >= 0.6 is 11.6 Å². The predicted octanol–water partition coefficient (Wildman–Crippen LogP) is 4.24. The van der Waals surface area contributed by atoms with Crippen LogP contribution < -0.4 is 42.8 Å². The van der Waals surface area contributed by atoms with Crippen LogP contribution in [0.15, 0.2) is 85.1 Å². The zero-order valence-corrected chi connectivity index (χ0v) is 45.7. The molecule has 0 aliphatic carbocycles. The number of alkyl carbamates (subject to hydrolysis) is 1. The van der Waals surface area contributed by atoms with E-state index in [1.807, 2.05) is 24.3 Å². The molecule has 3 aromatic carbocycles. The number of nitrogens with two attached hydrogens (primary N) is 2. The molecule has 434 valence electrons. The van der Waals surface area contributed by atoms with Crippen LogP contribution in [0.1, 0.15) is 44.5 Å². The van der Waals surface area contributed by atoms with Crippen LogP contribution in [0.2, 0.25) is 5.02 Å². The van der Waals surface area contributed by atoms with Crippen molar-refractivity contribution in [3.63, 3.8) is 0 Å². The third kappa shape index (κ3) is 20.2. The van der Waals surface area contributed by atoms with Crippen molar-refractivity contribution in [2.75, 3.05) is 84.4 Å². The van der Waals surface area contributed by atoms with Gasteiger partial charge in [0.2, 0.25) is 17.7 Å².